The molecule has 18 heavy (non-hydrogen) atoms. The highest BCUT2D eigenvalue weighted by Crippen LogP contribution is 2.30. The lowest BCUT2D eigenvalue weighted by atomic mass is 9.64. The molecular formula is C13H11BFNO2. The molecule has 90 valence electrons. The Morgan fingerprint density at radius 1 is 1.17 bits per heavy atom. The van der Waals surface area contributed by atoms with Crippen LogP contribution in [0.15, 0.2) is 42.5 Å². The van der Waals surface area contributed by atoms with Crippen LogP contribution in [0.4, 0.5) is 10.1 Å². The summed E-state index contributed by atoms with van der Waals surface area (Å²) in [6, 6.07) is 12.6. The number of para-hydroxylation sites is 1. The van der Waals surface area contributed by atoms with E-state index >= 15 is 0 Å². The Bertz CT molecular complexity index is 622. The maximum absolute atomic E-state index is 13.2. The predicted molar refractivity (Wildman–Crippen MR) is 65.2 cm³/mol. The average molecular weight is 243 g/mol. The van der Waals surface area contributed by atoms with Crippen LogP contribution in [0.3, 0.4) is 0 Å². The van der Waals surface area contributed by atoms with Gasteiger partial charge in [-0.25, -0.2) is 4.39 Å². The fraction of sp³-hybridized carbons (Fsp3) is 0.0769. The van der Waals surface area contributed by atoms with Gasteiger partial charge in [0.2, 0.25) is 0 Å². The Kier molecular flexibility index (Phi) is 1.88. The van der Waals surface area contributed by atoms with Crippen LogP contribution >= 0.6 is 0 Å². The average Bonchev–Trinajstić information content (AvgIpc) is 2.91. The van der Waals surface area contributed by atoms with E-state index in [1.807, 2.05) is 29.5 Å². The van der Waals surface area contributed by atoms with E-state index in [9.17, 15) is 4.39 Å². The zero-order valence-corrected chi connectivity index (χ0v) is 9.60. The van der Waals surface area contributed by atoms with Gasteiger partial charge in [-0.15, -0.1) is 0 Å². The van der Waals surface area contributed by atoms with Crippen molar-refractivity contribution in [3.8, 4) is 5.75 Å². The largest absolute Gasteiger partial charge is 0.633 e. The number of rotatable bonds is 0. The van der Waals surface area contributed by atoms with E-state index in [4.69, 9.17) is 9.31 Å². The minimum Gasteiger partial charge on any atom is -0.633 e. The number of hydrogen-bond donors (Lipinski definition) is 1. The quantitative estimate of drug-likeness (QED) is 0.548. The van der Waals surface area contributed by atoms with Crippen molar-refractivity contribution in [1.82, 2.24) is 0 Å². The smallest absolute Gasteiger partial charge is 0.558 e. The molecule has 2 N–H and O–H groups in total. The summed E-state index contributed by atoms with van der Waals surface area (Å²) in [5, 5.41) is 2.01. The van der Waals surface area contributed by atoms with Crippen molar-refractivity contribution in [2.45, 2.75) is 6.61 Å². The second-order valence-corrected chi connectivity index (χ2v) is 4.75. The lowest BCUT2D eigenvalue weighted by Gasteiger charge is -2.25. The second-order valence-electron chi connectivity index (χ2n) is 4.75. The van der Waals surface area contributed by atoms with Gasteiger partial charge in [0.25, 0.3) is 0 Å². The predicted octanol–water partition coefficient (Wildman–Crippen LogP) is 0.789. The van der Waals surface area contributed by atoms with Gasteiger partial charge in [-0.2, -0.15) is 0 Å². The van der Waals surface area contributed by atoms with Crippen LogP contribution in [0.25, 0.3) is 0 Å². The summed E-state index contributed by atoms with van der Waals surface area (Å²) in [7, 11) is 0. The lowest BCUT2D eigenvalue weighted by Crippen LogP contribution is -2.99. The standard InChI is InChI=1S/C13H11BFNO2/c15-10-5-6-11-9(7-10)8-17-14(11)16-12-3-1-2-4-13(12)18-14/h1-7H,8,16H2. The van der Waals surface area contributed by atoms with Crippen molar-refractivity contribution in [3.63, 3.8) is 0 Å². The Hall–Kier alpha value is -1.85. The second kappa shape index (κ2) is 3.34. The van der Waals surface area contributed by atoms with Crippen LogP contribution in [0.2, 0.25) is 0 Å². The molecule has 2 aliphatic rings. The van der Waals surface area contributed by atoms with E-state index in [1.165, 1.54) is 12.1 Å². The van der Waals surface area contributed by atoms with Crippen LogP contribution in [0.1, 0.15) is 5.56 Å². The topological polar surface area (TPSA) is 35.1 Å². The van der Waals surface area contributed by atoms with Crippen LogP contribution in [0.5, 0.6) is 5.75 Å². The van der Waals surface area contributed by atoms with Crippen LogP contribution < -0.4 is 15.3 Å². The number of fused-ring (bicyclic) bond motifs is 3. The molecule has 2 aliphatic heterocycles. The number of benzene rings is 2. The molecule has 5 heteroatoms. The summed E-state index contributed by atoms with van der Waals surface area (Å²) in [5.74, 6) is 0.593. The lowest BCUT2D eigenvalue weighted by molar-refractivity contribution is -0.452. The molecule has 2 heterocycles. The molecule has 1 spiro atoms. The van der Waals surface area contributed by atoms with Gasteiger partial charge in [0.05, 0.1) is 0 Å². The Balaban J connectivity index is 1.82. The van der Waals surface area contributed by atoms with Gasteiger partial charge in [-0.3, -0.25) is 0 Å². The first kappa shape index (κ1) is 10.1. The Morgan fingerprint density at radius 2 is 2.06 bits per heavy atom. The van der Waals surface area contributed by atoms with E-state index in [2.05, 4.69) is 0 Å². The highest BCUT2D eigenvalue weighted by Gasteiger charge is 2.50. The first-order valence-corrected chi connectivity index (χ1v) is 5.98. The van der Waals surface area contributed by atoms with Crippen molar-refractivity contribution in [2.75, 3.05) is 0 Å². The normalized spacial score (nSPS) is 23.8. The van der Waals surface area contributed by atoms with E-state index in [-0.39, 0.29) is 5.82 Å². The van der Waals surface area contributed by atoms with Crippen molar-refractivity contribution in [3.05, 3.63) is 53.8 Å². The fourth-order valence-electron chi connectivity index (χ4n) is 2.82. The van der Waals surface area contributed by atoms with E-state index in [0.717, 1.165) is 22.5 Å². The van der Waals surface area contributed by atoms with E-state index in [0.29, 0.717) is 6.61 Å². The summed E-state index contributed by atoms with van der Waals surface area (Å²) in [5.41, 5.74) is 2.86. The molecule has 0 saturated carbocycles. The SMILES string of the molecule is Fc1ccc2c(c1)CO[B-]21[NH2+]c2ccccc2O1. The van der Waals surface area contributed by atoms with Crippen LogP contribution in [-0.2, 0) is 11.3 Å². The molecule has 0 aliphatic carbocycles. The zero-order valence-electron chi connectivity index (χ0n) is 9.60. The van der Waals surface area contributed by atoms with Gasteiger partial charge in [0, 0.05) is 6.61 Å². The Labute approximate surface area is 104 Å². The number of nitrogens with two attached hydrogens (primary N) is 1. The third kappa shape index (κ3) is 1.26. The minimum absolute atomic E-state index is 0.235. The minimum atomic E-state index is -1.61. The molecule has 1 atom stereocenters. The summed E-state index contributed by atoms with van der Waals surface area (Å²) in [6.45, 7) is -1.21. The molecule has 3 nitrogen and oxygen atoms in total. The molecule has 0 radical (unpaired) electrons. The first-order valence-electron chi connectivity index (χ1n) is 5.98. The maximum Gasteiger partial charge on any atom is 0.558 e. The fourth-order valence-corrected chi connectivity index (χ4v) is 2.82. The molecule has 0 saturated heterocycles. The van der Waals surface area contributed by atoms with E-state index in [1.54, 1.807) is 6.07 Å². The van der Waals surface area contributed by atoms with Gasteiger partial charge in [0.1, 0.15) is 17.3 Å². The molecular weight excluding hydrogens is 232 g/mol. The monoisotopic (exact) mass is 243 g/mol. The van der Waals surface area contributed by atoms with Gasteiger partial charge in [0.15, 0.2) is 0 Å². The van der Waals surface area contributed by atoms with Gasteiger partial charge < -0.3 is 14.5 Å². The third-order valence-electron chi connectivity index (χ3n) is 3.64. The van der Waals surface area contributed by atoms with Gasteiger partial charge in [-0.1, -0.05) is 23.7 Å². The summed E-state index contributed by atoms with van der Waals surface area (Å²) in [4.78, 5) is 0. The number of halogens is 1. The van der Waals surface area contributed by atoms with Gasteiger partial charge >= 0.3 is 6.69 Å². The van der Waals surface area contributed by atoms with Gasteiger partial charge in [-0.05, 0) is 29.8 Å². The highest BCUT2D eigenvalue weighted by atomic mass is 19.1. The summed E-state index contributed by atoms with van der Waals surface area (Å²) in [6.07, 6.45) is 0. The molecule has 2 aromatic carbocycles. The molecule has 4 rings (SSSR count). The van der Waals surface area contributed by atoms with Crippen molar-refractivity contribution >= 4 is 17.8 Å². The molecule has 0 bridgehead atoms. The van der Waals surface area contributed by atoms with E-state index < -0.39 is 6.69 Å². The maximum atomic E-state index is 13.2. The molecule has 2 aromatic rings. The zero-order chi connectivity index (χ0) is 12.2. The molecule has 0 fully saturated rings. The first-order chi connectivity index (χ1) is 8.77. The summed E-state index contributed by atoms with van der Waals surface area (Å²) < 4.78 is 25.0. The number of hydrogen-bond acceptors (Lipinski definition) is 2. The molecule has 0 aromatic heterocycles. The highest BCUT2D eigenvalue weighted by molar-refractivity contribution is 6.76. The third-order valence-corrected chi connectivity index (χ3v) is 3.64. The van der Waals surface area contributed by atoms with Crippen LogP contribution in [-0.4, -0.2) is 6.69 Å². The van der Waals surface area contributed by atoms with Crippen molar-refractivity contribution < 1.29 is 18.9 Å². The molecule has 0 amide bonds. The van der Waals surface area contributed by atoms with Crippen molar-refractivity contribution in [1.29, 1.82) is 0 Å². The van der Waals surface area contributed by atoms with Crippen molar-refractivity contribution in [2.24, 2.45) is 0 Å². The van der Waals surface area contributed by atoms with Crippen LogP contribution in [0, 0.1) is 5.82 Å². The number of quaternary nitrogens is 1. The Morgan fingerprint density at radius 3 is 2.94 bits per heavy atom. The summed E-state index contributed by atoms with van der Waals surface area (Å²) >= 11 is 0. The molecule has 1 unspecified atom stereocenters.